The van der Waals surface area contributed by atoms with Crippen LogP contribution in [0.4, 0.5) is 0 Å². The van der Waals surface area contributed by atoms with Gasteiger partial charge in [0.1, 0.15) is 5.69 Å². The van der Waals surface area contributed by atoms with Crippen LogP contribution >= 0.6 is 22.9 Å². The van der Waals surface area contributed by atoms with Crippen LogP contribution in [0.5, 0.6) is 0 Å². The van der Waals surface area contributed by atoms with Crippen molar-refractivity contribution in [3.05, 3.63) is 58.1 Å². The van der Waals surface area contributed by atoms with Gasteiger partial charge in [0.05, 0.1) is 10.2 Å². The summed E-state index contributed by atoms with van der Waals surface area (Å²) in [5.74, 6) is 0.00293. The summed E-state index contributed by atoms with van der Waals surface area (Å²) in [5, 5.41) is 5.93. The van der Waals surface area contributed by atoms with Crippen LogP contribution in [0.2, 0.25) is 5.02 Å². The van der Waals surface area contributed by atoms with E-state index in [9.17, 15) is 4.79 Å². The van der Waals surface area contributed by atoms with Gasteiger partial charge in [0.2, 0.25) is 0 Å². The Kier molecular flexibility index (Phi) is 7.10. The van der Waals surface area contributed by atoms with Gasteiger partial charge in [-0.1, -0.05) is 30.7 Å². The third kappa shape index (κ3) is 5.06. The summed E-state index contributed by atoms with van der Waals surface area (Å²) in [6, 6.07) is 11.9. The summed E-state index contributed by atoms with van der Waals surface area (Å²) in [6.45, 7) is 10.3. The van der Waals surface area contributed by atoms with Crippen molar-refractivity contribution < 1.29 is 4.79 Å². The quantitative estimate of drug-likeness (QED) is 0.530. The zero-order valence-corrected chi connectivity index (χ0v) is 19.0. The van der Waals surface area contributed by atoms with E-state index in [0.29, 0.717) is 13.1 Å². The van der Waals surface area contributed by atoms with Crippen molar-refractivity contribution in [3.63, 3.8) is 0 Å². The molecule has 0 spiro atoms. The van der Waals surface area contributed by atoms with Crippen molar-refractivity contribution in [1.29, 1.82) is 0 Å². The van der Waals surface area contributed by atoms with Gasteiger partial charge in [0, 0.05) is 44.3 Å². The standard InChI is InChI=1S/C23H29ClN4OS/c1-2-26-11-13-27(14-12-26)10-3-9-25-23(29)21-16-22-20(8-15-30-22)28(21)17-18-4-6-19(24)7-5-18/h4-8,15-16H,2-3,9-14,17H2,1H3,(H,25,29). The molecule has 0 radical (unpaired) electrons. The summed E-state index contributed by atoms with van der Waals surface area (Å²) in [4.78, 5) is 17.9. The summed E-state index contributed by atoms with van der Waals surface area (Å²) < 4.78 is 3.25. The van der Waals surface area contributed by atoms with E-state index in [1.165, 1.54) is 0 Å². The Hall–Kier alpha value is -1.86. The number of carbonyl (C=O) groups is 1. The molecule has 7 heteroatoms. The number of benzene rings is 1. The Balaban J connectivity index is 1.35. The average molecular weight is 445 g/mol. The molecule has 5 nitrogen and oxygen atoms in total. The molecule has 0 atom stereocenters. The van der Waals surface area contributed by atoms with Crippen molar-refractivity contribution in [3.8, 4) is 0 Å². The fourth-order valence-corrected chi connectivity index (χ4v) is 4.98. The highest BCUT2D eigenvalue weighted by Crippen LogP contribution is 2.26. The molecule has 0 aliphatic carbocycles. The molecule has 1 aliphatic heterocycles. The molecule has 3 aromatic rings. The minimum Gasteiger partial charge on any atom is -0.351 e. The maximum atomic E-state index is 12.9. The Morgan fingerprint density at radius 2 is 1.83 bits per heavy atom. The van der Waals surface area contributed by atoms with E-state index in [1.807, 2.05) is 30.3 Å². The number of rotatable bonds is 8. The van der Waals surface area contributed by atoms with Crippen LogP contribution in [0.3, 0.4) is 0 Å². The topological polar surface area (TPSA) is 40.5 Å². The van der Waals surface area contributed by atoms with Crippen LogP contribution in [-0.2, 0) is 6.54 Å². The normalized spacial score (nSPS) is 15.7. The Morgan fingerprint density at radius 1 is 1.10 bits per heavy atom. The largest absolute Gasteiger partial charge is 0.351 e. The molecule has 30 heavy (non-hydrogen) atoms. The van der Waals surface area contributed by atoms with E-state index < -0.39 is 0 Å². The number of piperazine rings is 1. The van der Waals surface area contributed by atoms with E-state index in [4.69, 9.17) is 11.6 Å². The summed E-state index contributed by atoms with van der Waals surface area (Å²) in [7, 11) is 0. The fraction of sp³-hybridized carbons (Fsp3) is 0.435. The number of fused-ring (bicyclic) bond motifs is 1. The van der Waals surface area contributed by atoms with Crippen molar-refractivity contribution in [2.75, 3.05) is 45.8 Å². The molecule has 1 amide bonds. The first-order chi connectivity index (χ1) is 14.6. The molecule has 1 N–H and O–H groups in total. The fourth-order valence-electron chi connectivity index (χ4n) is 4.03. The number of hydrogen-bond acceptors (Lipinski definition) is 4. The molecule has 4 rings (SSSR count). The van der Waals surface area contributed by atoms with Gasteiger partial charge >= 0.3 is 0 Å². The average Bonchev–Trinajstić information content (AvgIpc) is 3.36. The lowest BCUT2D eigenvalue weighted by Crippen LogP contribution is -2.46. The second-order valence-electron chi connectivity index (χ2n) is 7.80. The molecule has 2 aromatic heterocycles. The maximum absolute atomic E-state index is 12.9. The number of likely N-dealkylation sites (N-methyl/N-ethyl adjacent to an activating group) is 1. The van der Waals surface area contributed by atoms with Gasteiger partial charge in [-0.15, -0.1) is 11.3 Å². The van der Waals surface area contributed by atoms with Crippen molar-refractivity contribution in [1.82, 2.24) is 19.7 Å². The number of nitrogens with zero attached hydrogens (tertiary/aromatic N) is 3. The number of hydrogen-bond donors (Lipinski definition) is 1. The van der Waals surface area contributed by atoms with Crippen LogP contribution in [-0.4, -0.2) is 66.1 Å². The first kappa shape index (κ1) is 21.4. The van der Waals surface area contributed by atoms with Gasteiger partial charge in [-0.3, -0.25) is 4.79 Å². The molecule has 3 heterocycles. The van der Waals surface area contributed by atoms with Crippen LogP contribution < -0.4 is 5.32 Å². The first-order valence-corrected chi connectivity index (χ1v) is 11.9. The van der Waals surface area contributed by atoms with E-state index >= 15 is 0 Å². The molecule has 1 saturated heterocycles. The Labute approximate surface area is 187 Å². The maximum Gasteiger partial charge on any atom is 0.267 e. The van der Waals surface area contributed by atoms with Crippen LogP contribution in [0, 0.1) is 0 Å². The van der Waals surface area contributed by atoms with Gasteiger partial charge < -0.3 is 19.7 Å². The predicted octanol–water partition coefficient (Wildman–Crippen LogP) is 4.16. The van der Waals surface area contributed by atoms with Crippen LogP contribution in [0.1, 0.15) is 29.4 Å². The highest BCUT2D eigenvalue weighted by Gasteiger charge is 2.18. The second kappa shape index (κ2) is 9.96. The Bertz CT molecular complexity index is 973. The summed E-state index contributed by atoms with van der Waals surface area (Å²) in [5.41, 5.74) is 2.96. The SMILES string of the molecule is CCN1CCN(CCCNC(=O)c2cc3sccc3n2Cc2ccc(Cl)cc2)CC1. The molecule has 1 aromatic carbocycles. The summed E-state index contributed by atoms with van der Waals surface area (Å²) >= 11 is 7.69. The van der Waals surface area contributed by atoms with Gasteiger partial charge in [0.15, 0.2) is 0 Å². The molecule has 0 unspecified atom stereocenters. The predicted molar refractivity (Wildman–Crippen MR) is 126 cm³/mol. The molecule has 160 valence electrons. The van der Waals surface area contributed by atoms with Crippen molar-refractivity contribution >= 4 is 39.1 Å². The van der Waals surface area contributed by atoms with Crippen LogP contribution in [0.15, 0.2) is 41.8 Å². The molecular formula is C23H29ClN4OS. The third-order valence-corrected chi connectivity index (χ3v) is 6.96. The smallest absolute Gasteiger partial charge is 0.267 e. The van der Waals surface area contributed by atoms with Gasteiger partial charge in [0.25, 0.3) is 5.91 Å². The van der Waals surface area contributed by atoms with Crippen molar-refractivity contribution in [2.24, 2.45) is 0 Å². The monoisotopic (exact) mass is 444 g/mol. The van der Waals surface area contributed by atoms with E-state index in [2.05, 4.69) is 38.1 Å². The highest BCUT2D eigenvalue weighted by atomic mass is 35.5. The minimum absolute atomic E-state index is 0.00293. The lowest BCUT2D eigenvalue weighted by Gasteiger charge is -2.33. The van der Waals surface area contributed by atoms with Gasteiger partial charge in [-0.2, -0.15) is 0 Å². The van der Waals surface area contributed by atoms with Gasteiger partial charge in [-0.05, 0) is 54.7 Å². The zero-order chi connectivity index (χ0) is 20.9. The molecule has 0 saturated carbocycles. The molecular weight excluding hydrogens is 416 g/mol. The second-order valence-corrected chi connectivity index (χ2v) is 9.18. The Morgan fingerprint density at radius 3 is 2.57 bits per heavy atom. The van der Waals surface area contributed by atoms with Crippen molar-refractivity contribution in [2.45, 2.75) is 19.9 Å². The number of aromatic nitrogens is 1. The number of thiophene rings is 1. The van der Waals surface area contributed by atoms with Gasteiger partial charge in [-0.25, -0.2) is 0 Å². The zero-order valence-electron chi connectivity index (χ0n) is 17.4. The first-order valence-electron chi connectivity index (χ1n) is 10.7. The number of nitrogens with one attached hydrogen (secondary N) is 1. The number of carbonyl (C=O) groups excluding carboxylic acids is 1. The lowest BCUT2D eigenvalue weighted by atomic mass is 10.2. The van der Waals surface area contributed by atoms with E-state index in [0.717, 1.165) is 72.2 Å². The number of amides is 1. The highest BCUT2D eigenvalue weighted by molar-refractivity contribution is 7.17. The number of halogens is 1. The lowest BCUT2D eigenvalue weighted by molar-refractivity contribution is 0.0940. The minimum atomic E-state index is 0.00293. The van der Waals surface area contributed by atoms with E-state index in [1.54, 1.807) is 11.3 Å². The third-order valence-electron chi connectivity index (χ3n) is 5.86. The molecule has 1 aliphatic rings. The molecule has 0 bridgehead atoms. The van der Waals surface area contributed by atoms with Crippen LogP contribution in [0.25, 0.3) is 10.2 Å². The molecule has 1 fully saturated rings. The van der Waals surface area contributed by atoms with E-state index in [-0.39, 0.29) is 5.91 Å². The summed E-state index contributed by atoms with van der Waals surface area (Å²) in [6.07, 6.45) is 0.976.